The molecule has 0 spiro atoms. The summed E-state index contributed by atoms with van der Waals surface area (Å²) in [6.45, 7) is 5.73. The van der Waals surface area contributed by atoms with Crippen molar-refractivity contribution in [3.8, 4) is 5.75 Å². The number of nitrogens with two attached hydrogens (primary N) is 1. The number of ether oxygens (including phenoxy) is 1. The SMILES string of the molecule is COc1cc(N)ccc1NC(=O)CN1CCSC(C)C1C. The van der Waals surface area contributed by atoms with Gasteiger partial charge in [-0.3, -0.25) is 9.69 Å². The van der Waals surface area contributed by atoms with E-state index in [-0.39, 0.29) is 5.91 Å². The topological polar surface area (TPSA) is 67.6 Å². The highest BCUT2D eigenvalue weighted by Gasteiger charge is 2.26. The van der Waals surface area contributed by atoms with Crippen LogP contribution in [0.4, 0.5) is 11.4 Å². The predicted molar refractivity (Wildman–Crippen MR) is 89.0 cm³/mol. The normalized spacial score (nSPS) is 22.8. The van der Waals surface area contributed by atoms with Gasteiger partial charge in [-0.25, -0.2) is 0 Å². The minimum absolute atomic E-state index is 0.0241. The molecule has 2 atom stereocenters. The molecule has 6 heteroatoms. The number of benzene rings is 1. The van der Waals surface area contributed by atoms with Crippen LogP contribution in [0.2, 0.25) is 0 Å². The van der Waals surface area contributed by atoms with Crippen molar-refractivity contribution < 1.29 is 9.53 Å². The van der Waals surface area contributed by atoms with Crippen molar-refractivity contribution in [2.75, 3.05) is 37.0 Å². The lowest BCUT2D eigenvalue weighted by molar-refractivity contribution is -0.117. The maximum atomic E-state index is 12.2. The number of nitrogen functional groups attached to an aromatic ring is 1. The van der Waals surface area contributed by atoms with E-state index in [0.717, 1.165) is 12.3 Å². The molecule has 2 unspecified atom stereocenters. The summed E-state index contributed by atoms with van der Waals surface area (Å²) in [6.07, 6.45) is 0. The zero-order valence-electron chi connectivity index (χ0n) is 12.8. The number of rotatable bonds is 4. The third-order valence-electron chi connectivity index (χ3n) is 3.86. The van der Waals surface area contributed by atoms with Gasteiger partial charge in [0.1, 0.15) is 5.75 Å². The molecule has 1 fully saturated rings. The summed E-state index contributed by atoms with van der Waals surface area (Å²) >= 11 is 1.96. The van der Waals surface area contributed by atoms with Crippen molar-refractivity contribution in [3.05, 3.63) is 18.2 Å². The van der Waals surface area contributed by atoms with Crippen LogP contribution in [0, 0.1) is 0 Å². The Morgan fingerprint density at radius 3 is 3.00 bits per heavy atom. The van der Waals surface area contributed by atoms with Crippen LogP contribution in [0.3, 0.4) is 0 Å². The largest absolute Gasteiger partial charge is 0.494 e. The molecule has 0 saturated carbocycles. The molecule has 1 aliphatic rings. The lowest BCUT2D eigenvalue weighted by Crippen LogP contribution is -2.47. The van der Waals surface area contributed by atoms with Crippen molar-refractivity contribution in [2.45, 2.75) is 25.1 Å². The van der Waals surface area contributed by atoms with E-state index >= 15 is 0 Å². The quantitative estimate of drug-likeness (QED) is 0.833. The second-order valence-electron chi connectivity index (χ2n) is 5.29. The fourth-order valence-corrected chi connectivity index (χ4v) is 3.57. The summed E-state index contributed by atoms with van der Waals surface area (Å²) in [4.78, 5) is 14.5. The average molecular weight is 309 g/mol. The molecule has 1 heterocycles. The Morgan fingerprint density at radius 2 is 2.29 bits per heavy atom. The third-order valence-corrected chi connectivity index (χ3v) is 5.20. The van der Waals surface area contributed by atoms with Crippen LogP contribution in [0.25, 0.3) is 0 Å². The highest BCUT2D eigenvalue weighted by atomic mass is 32.2. The molecular weight excluding hydrogens is 286 g/mol. The molecular formula is C15H23N3O2S. The van der Waals surface area contributed by atoms with Crippen LogP contribution < -0.4 is 15.8 Å². The Morgan fingerprint density at radius 1 is 1.52 bits per heavy atom. The number of anilines is 2. The smallest absolute Gasteiger partial charge is 0.238 e. The second kappa shape index (κ2) is 7.04. The van der Waals surface area contributed by atoms with Crippen LogP contribution in [0.5, 0.6) is 5.75 Å². The van der Waals surface area contributed by atoms with Gasteiger partial charge in [0, 0.05) is 35.3 Å². The summed E-state index contributed by atoms with van der Waals surface area (Å²) in [5, 5.41) is 3.46. The number of amides is 1. The minimum atomic E-state index is -0.0241. The number of carbonyl (C=O) groups excluding carboxylic acids is 1. The number of nitrogens with one attached hydrogen (secondary N) is 1. The molecule has 0 radical (unpaired) electrons. The molecule has 5 nitrogen and oxygen atoms in total. The van der Waals surface area contributed by atoms with Gasteiger partial charge in [0.15, 0.2) is 0 Å². The summed E-state index contributed by atoms with van der Waals surface area (Å²) in [6, 6.07) is 5.63. The Kier molecular flexibility index (Phi) is 5.36. The number of nitrogens with zero attached hydrogens (tertiary/aromatic N) is 1. The molecule has 1 aromatic carbocycles. The summed E-state index contributed by atoms with van der Waals surface area (Å²) in [5.41, 5.74) is 6.98. The van der Waals surface area contributed by atoms with Gasteiger partial charge in [-0.15, -0.1) is 0 Å². The van der Waals surface area contributed by atoms with Crippen molar-refractivity contribution in [1.82, 2.24) is 4.90 Å². The molecule has 0 aromatic heterocycles. The van der Waals surface area contributed by atoms with Crippen molar-refractivity contribution >= 4 is 29.0 Å². The van der Waals surface area contributed by atoms with Crippen LogP contribution in [0.15, 0.2) is 18.2 Å². The summed E-state index contributed by atoms with van der Waals surface area (Å²) in [5.74, 6) is 1.63. The molecule has 3 N–H and O–H groups in total. The first-order valence-electron chi connectivity index (χ1n) is 7.10. The average Bonchev–Trinajstić information content (AvgIpc) is 2.45. The monoisotopic (exact) mass is 309 g/mol. The predicted octanol–water partition coefficient (Wildman–Crippen LogP) is 2.04. The second-order valence-corrected chi connectivity index (χ2v) is 6.78. The molecule has 1 saturated heterocycles. The molecule has 0 bridgehead atoms. The van der Waals surface area contributed by atoms with E-state index in [9.17, 15) is 4.79 Å². The summed E-state index contributed by atoms with van der Waals surface area (Å²) < 4.78 is 5.24. The molecule has 1 aromatic rings. The lowest BCUT2D eigenvalue weighted by Gasteiger charge is -2.36. The van der Waals surface area contributed by atoms with Gasteiger partial charge in [0.05, 0.1) is 19.3 Å². The lowest BCUT2D eigenvalue weighted by atomic mass is 10.2. The van der Waals surface area contributed by atoms with E-state index in [1.165, 1.54) is 0 Å². The van der Waals surface area contributed by atoms with Crippen molar-refractivity contribution in [2.24, 2.45) is 0 Å². The van der Waals surface area contributed by atoms with Crippen LogP contribution in [-0.4, -0.2) is 48.1 Å². The number of hydrogen-bond acceptors (Lipinski definition) is 5. The third kappa shape index (κ3) is 4.04. The van der Waals surface area contributed by atoms with E-state index in [0.29, 0.717) is 35.0 Å². The van der Waals surface area contributed by atoms with E-state index in [4.69, 9.17) is 10.5 Å². The Hall–Kier alpha value is -1.40. The van der Waals surface area contributed by atoms with Gasteiger partial charge in [-0.05, 0) is 19.1 Å². The van der Waals surface area contributed by atoms with E-state index in [1.807, 2.05) is 11.8 Å². The Labute approximate surface area is 130 Å². The van der Waals surface area contributed by atoms with E-state index in [1.54, 1.807) is 25.3 Å². The van der Waals surface area contributed by atoms with Gasteiger partial charge in [0.2, 0.25) is 5.91 Å². The molecule has 116 valence electrons. The zero-order chi connectivity index (χ0) is 15.4. The summed E-state index contributed by atoms with van der Waals surface area (Å²) in [7, 11) is 1.57. The molecule has 1 aliphatic heterocycles. The Balaban J connectivity index is 1.98. The number of hydrogen-bond donors (Lipinski definition) is 2. The number of carbonyl (C=O) groups is 1. The first kappa shape index (κ1) is 16.0. The number of thioether (sulfide) groups is 1. The molecule has 21 heavy (non-hydrogen) atoms. The standard InChI is InChI=1S/C15H23N3O2S/c1-10-11(2)21-7-6-18(10)9-15(19)17-13-5-4-12(16)8-14(13)20-3/h4-5,8,10-11H,6-7,9,16H2,1-3H3,(H,17,19). The van der Waals surface area contributed by atoms with Gasteiger partial charge >= 0.3 is 0 Å². The van der Waals surface area contributed by atoms with E-state index < -0.39 is 0 Å². The van der Waals surface area contributed by atoms with Crippen molar-refractivity contribution in [3.63, 3.8) is 0 Å². The number of methoxy groups -OCH3 is 1. The van der Waals surface area contributed by atoms with Crippen LogP contribution >= 0.6 is 11.8 Å². The first-order valence-corrected chi connectivity index (χ1v) is 8.15. The first-order chi connectivity index (χ1) is 10.0. The Bertz CT molecular complexity index is 510. The fourth-order valence-electron chi connectivity index (χ4n) is 2.40. The van der Waals surface area contributed by atoms with Crippen molar-refractivity contribution in [1.29, 1.82) is 0 Å². The van der Waals surface area contributed by atoms with Crippen LogP contribution in [0.1, 0.15) is 13.8 Å². The highest BCUT2D eigenvalue weighted by Crippen LogP contribution is 2.27. The maximum Gasteiger partial charge on any atom is 0.238 e. The van der Waals surface area contributed by atoms with Gasteiger partial charge in [-0.2, -0.15) is 11.8 Å². The van der Waals surface area contributed by atoms with Gasteiger partial charge in [0.25, 0.3) is 0 Å². The van der Waals surface area contributed by atoms with Gasteiger partial charge in [-0.1, -0.05) is 6.92 Å². The van der Waals surface area contributed by atoms with Crippen LogP contribution in [-0.2, 0) is 4.79 Å². The highest BCUT2D eigenvalue weighted by molar-refractivity contribution is 8.00. The maximum absolute atomic E-state index is 12.2. The fraction of sp³-hybridized carbons (Fsp3) is 0.533. The molecule has 2 rings (SSSR count). The van der Waals surface area contributed by atoms with E-state index in [2.05, 4.69) is 24.1 Å². The van der Waals surface area contributed by atoms with Gasteiger partial charge < -0.3 is 15.8 Å². The minimum Gasteiger partial charge on any atom is -0.494 e. The molecule has 0 aliphatic carbocycles. The molecule has 1 amide bonds. The zero-order valence-corrected chi connectivity index (χ0v) is 13.6.